The number of aromatic nitrogens is 4. The van der Waals surface area contributed by atoms with E-state index in [1.165, 1.54) is 0 Å². The average molecular weight is 1130 g/mol. The average Bonchev–Trinajstić information content (AvgIpc) is 1.59. The molecular weight excluding hydrogens is 1030 g/mol. The summed E-state index contributed by atoms with van der Waals surface area (Å²) < 4.78 is 457. The van der Waals surface area contributed by atoms with Crippen LogP contribution in [0.1, 0.15) is 65.8 Å². The van der Waals surface area contributed by atoms with Crippen molar-refractivity contribution in [2.75, 3.05) is 0 Å². The van der Waals surface area contributed by atoms with E-state index >= 15 is 0 Å². The topological polar surface area (TPSA) is 35.6 Å². The van der Waals surface area contributed by atoms with E-state index in [1.54, 1.807) is 0 Å². The normalized spacial score (nSPS) is 20.9. The van der Waals surface area contributed by atoms with Crippen molar-refractivity contribution in [2.24, 2.45) is 0 Å². The van der Waals surface area contributed by atoms with E-state index in [0.29, 0.717) is 20.5 Å². The predicted molar refractivity (Wildman–Crippen MR) is 331 cm³/mol. The Balaban J connectivity index is 1.36. The second kappa shape index (κ2) is 18.4. The summed E-state index contributed by atoms with van der Waals surface area (Å²) in [5, 5.41) is -11.1. The van der Waals surface area contributed by atoms with Crippen LogP contribution in [0.4, 0.5) is 0 Å². The standard InChI is InChI=1S/C70H48GeN4SSi/c1-7-25-49(26-8-1)71(50-27-9-2-10-28-50,51-29-11-3-12-30-51)52-43-45-64-60(47-52)61-48-56(77(53-31-13-4-14-32-53,54-33-15-5-16-34-54)55-35-17-6-18-36-55)44-46-65(61)75(64)70-72-68(67-59-39-21-24-42-66(59)76-69(67)73-70)74-62-40-22-19-37-57(62)58-38-20-23-41-63(58)74/h1-48H/i1D,2D,3D,4D,5D,6D,7D,8D,9D,10D,11D,12D,13D,14D,15D,16D,17D,18D,19D,20D,21D,22D,23D,24D,25D,26D,27D,28D,29D,30D,31D,32D,33D,34D,35D,36D,37D,38D,39D,40D,41D,42D,43D,44D,45D,46D,47D,48D. The summed E-state index contributed by atoms with van der Waals surface area (Å²) in [5.74, 6) is -2.20. The van der Waals surface area contributed by atoms with Crippen molar-refractivity contribution >= 4 is 135 Å². The van der Waals surface area contributed by atoms with Gasteiger partial charge >= 0.3 is 499 Å². The first kappa shape index (κ1) is 18.1. The molecule has 4 nitrogen and oxygen atoms in total. The molecule has 7 heteroatoms. The Morgan fingerprint density at radius 1 is 0.338 bits per heavy atom. The van der Waals surface area contributed by atoms with E-state index in [9.17, 15) is 49.3 Å². The SMILES string of the molecule is [2H]c1c([2H])c([2H])c([Si](c2c([2H])c([2H])c([2H])c([2H])c2[2H])(c2c([2H])c([2H])c([2H])c([2H])c2[2H])c2c([2H])c([2H])c3c(c2[2H])c2c([2H])[c]([Ge]([c]4c([2H])c([2H])c([2H])c([2H])c4[2H])([c]4c([2H])c([2H])c([2H])c([2H])c4[2H])[c]4c([2H])c([2H])c([2H])c([2H])c4[2H])c([2H])c([2H])c2n3-c2nc(-n3c4c([2H])c([2H])c([2H])c([2H])c4c4c([2H])c([2H])c([2H])c([2H])c43)c3c(n2)sc2c([2H])c([2H])c([2H])c([2H])c23)c([2H])c1[2H]. The summed E-state index contributed by atoms with van der Waals surface area (Å²) in [4.78, 5) is 9.11. The van der Waals surface area contributed by atoms with Gasteiger partial charge in [0, 0.05) is 0 Å². The third kappa shape index (κ3) is 6.96. The third-order valence-corrected chi connectivity index (χ3v) is 26.1. The molecule has 11 aromatic carbocycles. The van der Waals surface area contributed by atoms with Crippen LogP contribution in [0.5, 0.6) is 0 Å². The van der Waals surface area contributed by atoms with Crippen LogP contribution in [-0.2, 0) is 0 Å². The van der Waals surface area contributed by atoms with Crippen molar-refractivity contribution < 1.29 is 65.8 Å². The zero-order valence-electron chi connectivity index (χ0n) is 86.2. The molecular formula is C70H48GeN4SSi. The Kier molecular flexibility index (Phi) is 4.33. The summed E-state index contributed by atoms with van der Waals surface area (Å²) >= 11 is -7.73. The zero-order valence-corrected chi connectivity index (χ0v) is 42.1. The van der Waals surface area contributed by atoms with Gasteiger partial charge in [-0.2, -0.15) is 0 Å². The maximum atomic E-state index is 11.4. The van der Waals surface area contributed by atoms with Gasteiger partial charge < -0.3 is 0 Å². The van der Waals surface area contributed by atoms with Crippen molar-refractivity contribution in [1.82, 2.24) is 19.1 Å². The van der Waals surface area contributed by atoms with Crippen molar-refractivity contribution in [2.45, 2.75) is 0 Å². The molecule has 0 unspecified atom stereocenters. The van der Waals surface area contributed by atoms with Crippen molar-refractivity contribution in [3.8, 4) is 11.8 Å². The number of hydrogen-bond acceptors (Lipinski definition) is 3. The van der Waals surface area contributed by atoms with Crippen LogP contribution in [0.15, 0.2) is 290 Å². The Labute approximate surface area is 521 Å². The molecule has 362 valence electrons. The molecule has 4 aromatic heterocycles. The molecule has 0 aliphatic rings. The van der Waals surface area contributed by atoms with Gasteiger partial charge in [-0.1, -0.05) is 12.1 Å². The van der Waals surface area contributed by atoms with E-state index in [2.05, 4.69) is 0 Å². The van der Waals surface area contributed by atoms with Gasteiger partial charge in [-0.15, -0.1) is 0 Å². The fourth-order valence-corrected chi connectivity index (χ4v) is 21.6. The quantitative estimate of drug-likeness (QED) is 0.101. The zero-order chi connectivity index (χ0) is 92.7. The van der Waals surface area contributed by atoms with Crippen molar-refractivity contribution in [1.29, 1.82) is 0 Å². The second-order valence-corrected chi connectivity index (χ2v) is 28.2. The number of nitrogens with zero attached hydrogens (tertiary/aromatic N) is 4. The van der Waals surface area contributed by atoms with Crippen molar-refractivity contribution in [3.05, 3.63) is 290 Å². The minimum atomic E-state index is -8.08. The summed E-state index contributed by atoms with van der Waals surface area (Å²) in [7, 11) is -7.06. The summed E-state index contributed by atoms with van der Waals surface area (Å²) in [6.07, 6.45) is 0. The molecule has 15 aromatic rings. The summed E-state index contributed by atoms with van der Waals surface area (Å²) in [6, 6.07) is -64.7. The van der Waals surface area contributed by atoms with Gasteiger partial charge in [0.2, 0.25) is 0 Å². The van der Waals surface area contributed by atoms with E-state index in [1.807, 2.05) is 0 Å². The molecule has 0 aliphatic heterocycles. The molecule has 0 atom stereocenters. The number of benzene rings is 11. The number of fused-ring (bicyclic) bond motifs is 9. The maximum absolute atomic E-state index is 11.4. The summed E-state index contributed by atoms with van der Waals surface area (Å²) in [6.45, 7) is 0. The second-order valence-electron chi connectivity index (χ2n) is 16.4. The van der Waals surface area contributed by atoms with Gasteiger partial charge in [0.1, 0.15) is 0 Å². The molecule has 0 saturated heterocycles. The van der Waals surface area contributed by atoms with E-state index in [4.69, 9.17) is 26.4 Å². The first-order chi connectivity index (χ1) is 58.1. The van der Waals surface area contributed by atoms with Gasteiger partial charge in [0.25, 0.3) is 0 Å². The van der Waals surface area contributed by atoms with Gasteiger partial charge in [0.15, 0.2) is 0 Å². The molecule has 0 radical (unpaired) electrons. The molecule has 0 bridgehead atoms. The van der Waals surface area contributed by atoms with Crippen LogP contribution >= 0.6 is 11.3 Å². The Bertz CT molecular complexity index is 6790. The fraction of sp³-hybridized carbons (Fsp3) is 0. The molecule has 0 saturated carbocycles. The van der Waals surface area contributed by atoms with Crippen LogP contribution < -0.4 is 38.3 Å². The molecule has 0 N–H and O–H groups in total. The van der Waals surface area contributed by atoms with Crippen LogP contribution in [0.3, 0.4) is 0 Å². The van der Waals surface area contributed by atoms with Gasteiger partial charge in [-0.25, -0.2) is 0 Å². The van der Waals surface area contributed by atoms with E-state index < -0.39 is 425 Å². The Morgan fingerprint density at radius 3 is 1.27 bits per heavy atom. The van der Waals surface area contributed by atoms with E-state index in [0.717, 1.165) is 0 Å². The Morgan fingerprint density at radius 2 is 0.753 bits per heavy atom. The monoisotopic (exact) mass is 1130 g/mol. The number of rotatable bonds is 10. The first-order valence-electron chi connectivity index (χ1n) is 46.4. The van der Waals surface area contributed by atoms with E-state index in [-0.39, 0.29) is 0 Å². The van der Waals surface area contributed by atoms with Crippen LogP contribution in [0.25, 0.3) is 75.7 Å². The van der Waals surface area contributed by atoms with Crippen molar-refractivity contribution in [3.63, 3.8) is 0 Å². The molecule has 4 heterocycles. The molecule has 0 aliphatic carbocycles. The number of para-hydroxylation sites is 2. The molecule has 0 amide bonds. The number of thiophene rings is 1. The molecule has 77 heavy (non-hydrogen) atoms. The van der Waals surface area contributed by atoms with Crippen LogP contribution in [0, 0.1) is 0 Å². The molecule has 0 spiro atoms. The molecule has 15 rings (SSSR count). The summed E-state index contributed by atoms with van der Waals surface area (Å²) in [5.41, 5.74) is -4.15. The van der Waals surface area contributed by atoms with Gasteiger partial charge in [-0.05, 0) is 0 Å². The fourth-order valence-electron chi connectivity index (χ4n) is 9.56. The van der Waals surface area contributed by atoms with Crippen LogP contribution in [0.2, 0.25) is 0 Å². The molecule has 0 fully saturated rings. The third-order valence-electron chi connectivity index (χ3n) is 12.7. The van der Waals surface area contributed by atoms with Gasteiger partial charge in [0.05, 0.1) is 11.0 Å². The first-order valence-corrected chi connectivity index (χ1v) is 29.4. The predicted octanol–water partition coefficient (Wildman–Crippen LogP) is 11.8. The van der Waals surface area contributed by atoms with Gasteiger partial charge in [-0.3, -0.25) is 0 Å². The van der Waals surface area contributed by atoms with Crippen LogP contribution in [-0.4, -0.2) is 40.4 Å². The number of hydrogen-bond donors (Lipinski definition) is 0. The Hall–Kier alpha value is -8.92. The minimum absolute atomic E-state index is 0.353.